The molecule has 0 aliphatic rings. The van der Waals surface area contributed by atoms with Crippen LogP contribution in [0, 0.1) is 0 Å². The van der Waals surface area contributed by atoms with Crippen LogP contribution in [0.4, 0.5) is 0 Å². The van der Waals surface area contributed by atoms with Crippen molar-refractivity contribution in [2.24, 2.45) is 0 Å². The van der Waals surface area contributed by atoms with Crippen LogP contribution in [0.2, 0.25) is 10.0 Å². The van der Waals surface area contributed by atoms with Crippen molar-refractivity contribution in [3.63, 3.8) is 0 Å². The van der Waals surface area contributed by atoms with E-state index in [-0.39, 0.29) is 0 Å². The third-order valence-electron chi connectivity index (χ3n) is 5.05. The lowest BCUT2D eigenvalue weighted by Crippen LogP contribution is -2.18. The van der Waals surface area contributed by atoms with E-state index in [9.17, 15) is 0 Å². The van der Waals surface area contributed by atoms with Gasteiger partial charge in [-0.2, -0.15) is 0 Å². The van der Waals surface area contributed by atoms with Gasteiger partial charge in [0.15, 0.2) is 11.5 Å². The van der Waals surface area contributed by atoms with Crippen molar-refractivity contribution < 1.29 is 9.47 Å². The van der Waals surface area contributed by atoms with E-state index in [0.29, 0.717) is 34.7 Å². The Kier molecular flexibility index (Phi) is 7.58. The molecule has 0 aliphatic heterocycles. The first kappa shape index (κ1) is 22.9. The maximum Gasteiger partial charge on any atom is 0.167 e. The van der Waals surface area contributed by atoms with Crippen molar-refractivity contribution >= 4 is 50.2 Å². The van der Waals surface area contributed by atoms with Crippen LogP contribution < -0.4 is 14.8 Å². The number of hydrogen-bond acceptors (Lipinski definition) is 4. The Morgan fingerprint density at radius 3 is 2.72 bits per heavy atom. The van der Waals surface area contributed by atoms with Gasteiger partial charge in [0.05, 0.1) is 18.1 Å². The number of nitrogens with zero attached hydrogens (tertiary/aromatic N) is 1. The van der Waals surface area contributed by atoms with Crippen LogP contribution >= 0.6 is 39.1 Å². The van der Waals surface area contributed by atoms with Gasteiger partial charge in [-0.05, 0) is 36.4 Å². The highest BCUT2D eigenvalue weighted by atomic mass is 79.9. The van der Waals surface area contributed by atoms with Gasteiger partial charge in [-0.25, -0.2) is 4.98 Å². The van der Waals surface area contributed by atoms with Crippen LogP contribution in [0.1, 0.15) is 17.0 Å². The smallest absolute Gasteiger partial charge is 0.167 e. The third-order valence-corrected chi connectivity index (χ3v) is 6.38. The number of methoxy groups -OCH3 is 1. The summed E-state index contributed by atoms with van der Waals surface area (Å²) in [6.07, 6.45) is 0.785. The standard InChI is InChI=1S/C24H22BrCl2N3O2/c1-31-22-9-8-18(25)17(24(22)32-14-15-6-7-16(26)12-19(15)27)13-28-11-10-23-29-20-4-2-3-5-21(20)30-23/h2-9,12,28H,10-11,13-14H2,1H3,(H,29,30). The number of para-hydroxylation sites is 2. The number of hydrogen-bond donors (Lipinski definition) is 2. The molecule has 0 radical (unpaired) electrons. The molecule has 0 amide bonds. The number of H-pyrrole nitrogens is 1. The van der Waals surface area contributed by atoms with Crippen LogP contribution in [0.25, 0.3) is 11.0 Å². The molecule has 4 aromatic rings. The molecule has 1 heterocycles. The highest BCUT2D eigenvalue weighted by molar-refractivity contribution is 9.10. The molecular weight excluding hydrogens is 513 g/mol. The van der Waals surface area contributed by atoms with E-state index in [2.05, 4.69) is 31.2 Å². The predicted molar refractivity (Wildman–Crippen MR) is 133 cm³/mol. The second kappa shape index (κ2) is 10.6. The van der Waals surface area contributed by atoms with Gasteiger partial charge in [-0.15, -0.1) is 0 Å². The first-order valence-electron chi connectivity index (χ1n) is 10.1. The lowest BCUT2D eigenvalue weighted by atomic mass is 10.1. The summed E-state index contributed by atoms with van der Waals surface area (Å²) in [6, 6.07) is 17.2. The minimum Gasteiger partial charge on any atom is -0.493 e. The number of aromatic nitrogens is 2. The second-order valence-electron chi connectivity index (χ2n) is 7.21. The second-order valence-corrected chi connectivity index (χ2v) is 8.91. The van der Waals surface area contributed by atoms with E-state index in [0.717, 1.165) is 45.4 Å². The molecule has 8 heteroatoms. The highest BCUT2D eigenvalue weighted by Crippen LogP contribution is 2.37. The number of fused-ring (bicyclic) bond motifs is 1. The summed E-state index contributed by atoms with van der Waals surface area (Å²) in [7, 11) is 1.63. The Hall–Kier alpha value is -2.25. The Labute approximate surface area is 205 Å². The van der Waals surface area contributed by atoms with E-state index < -0.39 is 0 Å². The normalized spacial score (nSPS) is 11.1. The lowest BCUT2D eigenvalue weighted by molar-refractivity contribution is 0.280. The maximum absolute atomic E-state index is 6.30. The minimum atomic E-state index is 0.300. The number of nitrogens with one attached hydrogen (secondary N) is 2. The Bertz CT molecular complexity index is 1200. The van der Waals surface area contributed by atoms with E-state index in [4.69, 9.17) is 32.7 Å². The quantitative estimate of drug-likeness (QED) is 0.239. The Morgan fingerprint density at radius 1 is 1.09 bits per heavy atom. The van der Waals surface area contributed by atoms with Gasteiger partial charge in [0.1, 0.15) is 12.4 Å². The summed E-state index contributed by atoms with van der Waals surface area (Å²) in [5, 5.41) is 4.63. The molecule has 0 fully saturated rings. The molecule has 0 bridgehead atoms. The van der Waals surface area contributed by atoms with Crippen molar-refractivity contribution in [3.05, 3.63) is 86.1 Å². The minimum absolute atomic E-state index is 0.300. The summed E-state index contributed by atoms with van der Waals surface area (Å²) in [5.74, 6) is 2.29. The fourth-order valence-electron chi connectivity index (χ4n) is 3.40. The summed E-state index contributed by atoms with van der Waals surface area (Å²) in [5.41, 5.74) is 3.85. The van der Waals surface area contributed by atoms with Crippen LogP contribution in [0.3, 0.4) is 0 Å². The molecular formula is C24H22BrCl2N3O2. The first-order valence-corrected chi connectivity index (χ1v) is 11.7. The first-order chi connectivity index (χ1) is 15.5. The topological polar surface area (TPSA) is 59.2 Å². The molecule has 0 saturated carbocycles. The van der Waals surface area contributed by atoms with Crippen molar-refractivity contribution in [1.29, 1.82) is 0 Å². The highest BCUT2D eigenvalue weighted by Gasteiger charge is 2.15. The number of ether oxygens (including phenoxy) is 2. The van der Waals surface area contributed by atoms with Crippen LogP contribution in [0.5, 0.6) is 11.5 Å². The third kappa shape index (κ3) is 5.38. The Balaban J connectivity index is 1.43. The van der Waals surface area contributed by atoms with E-state index in [1.54, 1.807) is 19.2 Å². The molecule has 0 unspecified atom stereocenters. The van der Waals surface area contributed by atoms with Gasteiger partial charge in [-0.3, -0.25) is 0 Å². The molecule has 1 aromatic heterocycles. The molecule has 0 saturated heterocycles. The molecule has 0 aliphatic carbocycles. The van der Waals surface area contributed by atoms with Crippen LogP contribution in [-0.2, 0) is 19.6 Å². The van der Waals surface area contributed by atoms with Gasteiger partial charge in [-0.1, -0.05) is 57.3 Å². The summed E-state index contributed by atoms with van der Waals surface area (Å²) in [4.78, 5) is 7.98. The number of rotatable bonds is 9. The molecule has 32 heavy (non-hydrogen) atoms. The maximum atomic E-state index is 6.30. The molecule has 0 atom stereocenters. The molecule has 4 rings (SSSR count). The van der Waals surface area contributed by atoms with Crippen LogP contribution in [-0.4, -0.2) is 23.6 Å². The van der Waals surface area contributed by atoms with Crippen molar-refractivity contribution in [2.75, 3.05) is 13.7 Å². The predicted octanol–water partition coefficient (Wildman–Crippen LogP) is 6.55. The summed E-state index contributed by atoms with van der Waals surface area (Å²) in [6.45, 7) is 1.66. The molecule has 166 valence electrons. The fourth-order valence-corrected chi connectivity index (χ4v) is 4.31. The average Bonchev–Trinajstić information content (AvgIpc) is 3.20. The van der Waals surface area contributed by atoms with Crippen molar-refractivity contribution in [3.8, 4) is 11.5 Å². The van der Waals surface area contributed by atoms with Crippen molar-refractivity contribution in [2.45, 2.75) is 19.6 Å². The van der Waals surface area contributed by atoms with E-state index >= 15 is 0 Å². The van der Waals surface area contributed by atoms with Gasteiger partial charge < -0.3 is 19.8 Å². The zero-order valence-electron chi connectivity index (χ0n) is 17.4. The Morgan fingerprint density at radius 2 is 1.94 bits per heavy atom. The molecule has 5 nitrogen and oxygen atoms in total. The number of benzene rings is 3. The largest absolute Gasteiger partial charge is 0.493 e. The van der Waals surface area contributed by atoms with Crippen molar-refractivity contribution in [1.82, 2.24) is 15.3 Å². The summed E-state index contributed by atoms with van der Waals surface area (Å²) < 4.78 is 12.6. The van der Waals surface area contributed by atoms with Gasteiger partial charge in [0, 0.05) is 45.2 Å². The zero-order valence-corrected chi connectivity index (χ0v) is 20.5. The number of imidazole rings is 1. The number of halogens is 3. The average molecular weight is 535 g/mol. The number of aromatic amines is 1. The van der Waals surface area contributed by atoms with E-state index in [1.807, 2.05) is 42.5 Å². The monoisotopic (exact) mass is 533 g/mol. The van der Waals surface area contributed by atoms with Gasteiger partial charge in [0.2, 0.25) is 0 Å². The van der Waals surface area contributed by atoms with Gasteiger partial charge in [0.25, 0.3) is 0 Å². The zero-order chi connectivity index (χ0) is 22.5. The van der Waals surface area contributed by atoms with Crippen LogP contribution in [0.15, 0.2) is 59.1 Å². The molecule has 3 aromatic carbocycles. The summed E-state index contributed by atoms with van der Waals surface area (Å²) >= 11 is 15.9. The lowest BCUT2D eigenvalue weighted by Gasteiger charge is -2.17. The fraction of sp³-hybridized carbons (Fsp3) is 0.208. The molecule has 0 spiro atoms. The SMILES string of the molecule is COc1ccc(Br)c(CNCCc2nc3ccccc3[nH]2)c1OCc1ccc(Cl)cc1Cl. The molecule has 2 N–H and O–H groups in total. The van der Waals surface area contributed by atoms with Gasteiger partial charge >= 0.3 is 0 Å². The van der Waals surface area contributed by atoms with E-state index in [1.165, 1.54) is 0 Å².